The first-order chi connectivity index (χ1) is 27.9. The van der Waals surface area contributed by atoms with Crippen LogP contribution in [-0.4, -0.2) is 35.3 Å². The van der Waals surface area contributed by atoms with E-state index in [4.69, 9.17) is 0 Å². The Hall–Kier alpha value is -5.62. The van der Waals surface area contributed by atoms with Gasteiger partial charge in [-0.05, 0) is 97.2 Å². The number of nitrogens with one attached hydrogen (secondary N) is 1. The molecule has 0 saturated heterocycles. The number of carboxylic acid groups (broad SMARTS) is 1. The predicted molar refractivity (Wildman–Crippen MR) is 186 cm³/mol. The number of aliphatic carboxylic acids is 1. The van der Waals surface area contributed by atoms with Gasteiger partial charge in [0.1, 0.15) is 23.2 Å². The Balaban J connectivity index is 1.64. The summed E-state index contributed by atoms with van der Waals surface area (Å²) in [5.74, 6) is -9.89. The Morgan fingerprint density at radius 2 is 1.27 bits per heavy atom. The van der Waals surface area contributed by atoms with Crippen molar-refractivity contribution in [2.24, 2.45) is 11.8 Å². The topological polar surface area (TPSA) is 92.7 Å². The Bertz CT molecular complexity index is 2220. The first kappa shape index (κ1) is 45.5. The number of benzene rings is 4. The lowest BCUT2D eigenvalue weighted by Gasteiger charge is -2.37. The van der Waals surface area contributed by atoms with Gasteiger partial charge in [-0.15, -0.1) is 0 Å². The standard InChI is InChI=1S/C41H32F13NO5/c42-28-16-27(17-29(19-28)60-41(53,54)37(45)46)38(26-11-13-33(44)31(18-26)40(50,51)52,55-35(57)25-10-12-32(43)30(15-25)39(47,48)49)20-22-3-6-23(7-4-22)34(56)14-5-21-1-8-24(9-2-21)36(58)59/h3-4,6-7,10-13,15-19,21,24,37H,1-2,5,8-9,14,20H2,(H,55,57)(H,58,59)/t21?,24?,38-/m1/s1. The average molecular weight is 866 g/mol. The number of carboxylic acids is 1. The molecule has 4 aromatic carbocycles. The second-order valence-electron chi connectivity index (χ2n) is 14.3. The summed E-state index contributed by atoms with van der Waals surface area (Å²) < 4.78 is 186. The summed E-state index contributed by atoms with van der Waals surface area (Å²) in [4.78, 5) is 38.3. The summed E-state index contributed by atoms with van der Waals surface area (Å²) in [6, 6.07) is 7.96. The fourth-order valence-electron chi connectivity index (χ4n) is 7.08. The number of hydrogen-bond donors (Lipinski definition) is 2. The molecule has 60 heavy (non-hydrogen) atoms. The zero-order chi connectivity index (χ0) is 44.4. The van der Waals surface area contributed by atoms with Crippen LogP contribution in [0.1, 0.15) is 87.1 Å². The van der Waals surface area contributed by atoms with E-state index in [1.165, 1.54) is 24.3 Å². The zero-order valence-corrected chi connectivity index (χ0v) is 30.7. The Morgan fingerprint density at radius 3 is 1.83 bits per heavy atom. The summed E-state index contributed by atoms with van der Waals surface area (Å²) in [5, 5.41) is 11.4. The first-order valence-electron chi connectivity index (χ1n) is 18.0. The molecule has 1 saturated carbocycles. The lowest BCUT2D eigenvalue weighted by molar-refractivity contribution is -0.253. The molecule has 0 bridgehead atoms. The van der Waals surface area contributed by atoms with Crippen LogP contribution in [0.5, 0.6) is 5.75 Å². The molecule has 0 aromatic heterocycles. The van der Waals surface area contributed by atoms with Gasteiger partial charge in [-0.3, -0.25) is 14.4 Å². The van der Waals surface area contributed by atoms with E-state index in [0.717, 1.165) is 0 Å². The Labute approximate surface area is 332 Å². The summed E-state index contributed by atoms with van der Waals surface area (Å²) in [6.07, 6.45) is -19.0. The van der Waals surface area contributed by atoms with Crippen molar-refractivity contribution >= 4 is 17.7 Å². The third-order valence-electron chi connectivity index (χ3n) is 10.2. The van der Waals surface area contributed by atoms with Crippen LogP contribution in [0.25, 0.3) is 0 Å². The van der Waals surface area contributed by atoms with Crippen molar-refractivity contribution < 1.29 is 81.3 Å². The van der Waals surface area contributed by atoms with E-state index in [1.807, 2.05) is 0 Å². The van der Waals surface area contributed by atoms with Crippen molar-refractivity contribution in [1.29, 1.82) is 0 Å². The largest absolute Gasteiger partial charge is 0.481 e. The van der Waals surface area contributed by atoms with Crippen molar-refractivity contribution in [2.75, 3.05) is 0 Å². The van der Waals surface area contributed by atoms with Crippen molar-refractivity contribution in [3.63, 3.8) is 0 Å². The van der Waals surface area contributed by atoms with Gasteiger partial charge in [-0.25, -0.2) is 13.2 Å². The SMILES string of the molecule is O=C(CCC1CCC(C(=O)O)CC1)c1ccc(C[C@](NC(=O)c2ccc(F)c(C(F)(F)F)c2)(c2cc(F)cc(OC(F)(F)C(F)F)c2)c2ccc(F)c(C(F)(F)F)c2)cc1. The molecule has 1 aliphatic carbocycles. The molecule has 1 fully saturated rings. The second-order valence-corrected chi connectivity index (χ2v) is 14.3. The maximum Gasteiger partial charge on any atom is 0.461 e. The third kappa shape index (κ3) is 10.6. The third-order valence-corrected chi connectivity index (χ3v) is 10.2. The van der Waals surface area contributed by atoms with Crippen LogP contribution in [-0.2, 0) is 29.1 Å². The van der Waals surface area contributed by atoms with Crippen molar-refractivity contribution in [3.8, 4) is 5.75 Å². The first-order valence-corrected chi connectivity index (χ1v) is 18.0. The molecule has 19 heteroatoms. The smallest absolute Gasteiger partial charge is 0.461 e. The number of carbonyl (C=O) groups excluding carboxylic acids is 2. The van der Waals surface area contributed by atoms with E-state index in [1.54, 1.807) is 0 Å². The number of carbonyl (C=O) groups is 3. The normalized spacial score (nSPS) is 17.2. The maximum absolute atomic E-state index is 15.3. The van der Waals surface area contributed by atoms with Crippen LogP contribution in [0, 0.1) is 29.3 Å². The van der Waals surface area contributed by atoms with E-state index < -0.39 is 106 Å². The molecule has 1 aliphatic rings. The van der Waals surface area contributed by atoms with Gasteiger partial charge in [0.2, 0.25) is 0 Å². The van der Waals surface area contributed by atoms with Crippen molar-refractivity contribution in [1.82, 2.24) is 5.32 Å². The number of ether oxygens (including phenoxy) is 1. The molecule has 0 radical (unpaired) electrons. The highest BCUT2D eigenvalue weighted by Crippen LogP contribution is 2.42. The second kappa shape index (κ2) is 17.5. The van der Waals surface area contributed by atoms with Crippen molar-refractivity contribution in [3.05, 3.63) is 135 Å². The van der Waals surface area contributed by atoms with Crippen LogP contribution in [0.4, 0.5) is 57.1 Å². The molecule has 0 unspecified atom stereocenters. The summed E-state index contributed by atoms with van der Waals surface area (Å²) in [6.45, 7) is 0. The van der Waals surface area contributed by atoms with E-state index in [-0.39, 0.29) is 59.6 Å². The van der Waals surface area contributed by atoms with Gasteiger partial charge >= 0.3 is 30.9 Å². The molecule has 4 aromatic rings. The van der Waals surface area contributed by atoms with Gasteiger partial charge in [0.05, 0.1) is 22.6 Å². The molecule has 322 valence electrons. The van der Waals surface area contributed by atoms with Crippen molar-refractivity contribution in [2.45, 2.75) is 75.4 Å². The Morgan fingerprint density at radius 1 is 0.700 bits per heavy atom. The van der Waals surface area contributed by atoms with Gasteiger partial charge in [-0.1, -0.05) is 30.3 Å². The minimum absolute atomic E-state index is 0.0311. The molecule has 2 N–H and O–H groups in total. The van der Waals surface area contributed by atoms with Crippen LogP contribution >= 0.6 is 0 Å². The van der Waals surface area contributed by atoms with E-state index in [2.05, 4.69) is 10.1 Å². The summed E-state index contributed by atoms with van der Waals surface area (Å²) in [7, 11) is 0. The minimum atomic E-state index is -5.46. The molecule has 5 rings (SSSR count). The highest BCUT2D eigenvalue weighted by molar-refractivity contribution is 5.96. The van der Waals surface area contributed by atoms with Gasteiger partial charge in [-0.2, -0.15) is 43.9 Å². The van der Waals surface area contributed by atoms with Crippen LogP contribution in [0.2, 0.25) is 0 Å². The molecular formula is C41H32F13NO5. The van der Waals surface area contributed by atoms with Crippen LogP contribution in [0.15, 0.2) is 78.9 Å². The number of alkyl halides is 10. The number of Topliss-reactive ketones (excluding diaryl/α,β-unsaturated/α-hetero) is 1. The fourth-order valence-corrected chi connectivity index (χ4v) is 7.08. The molecule has 1 atom stereocenters. The van der Waals surface area contributed by atoms with E-state index in [9.17, 15) is 72.2 Å². The van der Waals surface area contributed by atoms with Gasteiger partial charge in [0.15, 0.2) is 5.78 Å². The average Bonchev–Trinajstić information content (AvgIpc) is 3.16. The molecule has 0 heterocycles. The zero-order valence-electron chi connectivity index (χ0n) is 30.7. The molecular weight excluding hydrogens is 833 g/mol. The van der Waals surface area contributed by atoms with Gasteiger partial charge in [0, 0.05) is 30.0 Å². The molecule has 6 nitrogen and oxygen atoms in total. The van der Waals surface area contributed by atoms with Gasteiger partial charge in [0.25, 0.3) is 5.91 Å². The fraction of sp³-hybridized carbons (Fsp3) is 0.341. The van der Waals surface area contributed by atoms with E-state index in [0.29, 0.717) is 56.4 Å². The van der Waals surface area contributed by atoms with E-state index >= 15 is 4.39 Å². The lowest BCUT2D eigenvalue weighted by atomic mass is 9.76. The summed E-state index contributed by atoms with van der Waals surface area (Å²) >= 11 is 0. The number of amides is 1. The molecule has 1 amide bonds. The lowest BCUT2D eigenvalue weighted by Crippen LogP contribution is -2.49. The maximum atomic E-state index is 15.3. The highest BCUT2D eigenvalue weighted by atomic mass is 19.4. The van der Waals surface area contributed by atoms with Gasteiger partial charge < -0.3 is 15.2 Å². The number of hydrogen-bond acceptors (Lipinski definition) is 4. The highest BCUT2D eigenvalue weighted by Gasteiger charge is 2.46. The summed E-state index contributed by atoms with van der Waals surface area (Å²) in [5.41, 5.74) is -9.21. The Kier molecular flexibility index (Phi) is 13.3. The predicted octanol–water partition coefficient (Wildman–Crippen LogP) is 11.1. The number of rotatable bonds is 14. The molecule has 0 spiro atoms. The van der Waals surface area contributed by atoms with Crippen LogP contribution in [0.3, 0.4) is 0 Å². The number of ketones is 1. The monoisotopic (exact) mass is 865 g/mol. The van der Waals surface area contributed by atoms with Crippen LogP contribution < -0.4 is 10.1 Å². The minimum Gasteiger partial charge on any atom is -0.481 e. The quantitative estimate of drug-likeness (QED) is 0.0973. The number of halogens is 13. The molecule has 0 aliphatic heterocycles.